The number of Topliss-reactive ketones (excluding diaryl/α,β-unsaturated/α-hetero) is 1. The van der Waals surface area contributed by atoms with Crippen LogP contribution in [0.5, 0.6) is 0 Å². The topological polar surface area (TPSA) is 272 Å². The van der Waals surface area contributed by atoms with E-state index in [4.69, 9.17) is 32.9 Å². The van der Waals surface area contributed by atoms with Crippen LogP contribution in [0.2, 0.25) is 0 Å². The highest BCUT2D eigenvalue weighted by molar-refractivity contribution is 7.14. The van der Waals surface area contributed by atoms with E-state index in [1.54, 1.807) is 13.8 Å². The molecule has 0 aliphatic heterocycles. The lowest BCUT2D eigenvalue weighted by atomic mass is 9.99. The molecular weight excluding hydrogens is 761 g/mol. The van der Waals surface area contributed by atoms with Crippen LogP contribution >= 0.6 is 34.0 Å². The number of aromatic nitrogens is 3. The Labute approximate surface area is 334 Å². The molecule has 0 bridgehead atoms. The average molecular weight is 817 g/mol. The van der Waals surface area contributed by atoms with Crippen molar-refractivity contribution in [1.29, 1.82) is 0 Å². The van der Waals surface area contributed by atoms with Gasteiger partial charge in [0.2, 0.25) is 5.91 Å². The first-order chi connectivity index (χ1) is 25.9. The third kappa shape index (κ3) is 13.9. The van der Waals surface area contributed by atoms with Crippen molar-refractivity contribution in [2.24, 2.45) is 44.8 Å². The molecule has 0 aliphatic carbocycles. The van der Waals surface area contributed by atoms with Crippen LogP contribution in [-0.2, 0) is 17.6 Å². The normalized spacial score (nSPS) is 12.9. The van der Waals surface area contributed by atoms with E-state index >= 15 is 0 Å². The quantitative estimate of drug-likeness (QED) is 0.0346. The zero-order valence-electron chi connectivity index (χ0n) is 32.9. The predicted octanol–water partition coefficient (Wildman–Crippen LogP) is 4.21. The van der Waals surface area contributed by atoms with Crippen molar-refractivity contribution in [3.8, 4) is 0 Å². The summed E-state index contributed by atoms with van der Waals surface area (Å²) in [5.74, 6) is -0.778. The van der Waals surface area contributed by atoms with E-state index in [-0.39, 0.29) is 29.5 Å². The molecule has 3 aromatic rings. The smallest absolute Gasteiger partial charge is 0.263 e. The number of nitrogens with one attached hydrogen (secondary N) is 3. The van der Waals surface area contributed by atoms with Crippen molar-refractivity contribution in [2.45, 2.75) is 112 Å². The minimum Gasteiger partial charge on any atom is -0.370 e. The van der Waals surface area contributed by atoms with Gasteiger partial charge in [0, 0.05) is 39.8 Å². The lowest BCUT2D eigenvalue weighted by Crippen LogP contribution is -2.34. The van der Waals surface area contributed by atoms with Crippen molar-refractivity contribution in [3.63, 3.8) is 0 Å². The standard InChI is InChI=1S/C36H56N12O4S3/c1-17(2)15-24(46-34(52)31-28(45-22(8)53-31)23(44-21(7)50)11-9-13-41-35(37)38)29-32(54-25(47-29)12-10-14-42-36(39)40)33(51)43-19(5)27-30(20(6)49)55-26(48-27)16-18(3)4/h17-19,23-24H,9-16H2,1-8H3,(H,43,51)(H,44,50)(H,46,52)(H4,37,38,41)(H4,39,40,42)/t19-,23-,24-/m0/s1. The first-order valence-electron chi connectivity index (χ1n) is 18.3. The molecule has 16 nitrogen and oxygen atoms in total. The zero-order valence-corrected chi connectivity index (χ0v) is 35.4. The number of carbonyl (C=O) groups excluding carboxylic acids is 4. The largest absolute Gasteiger partial charge is 0.370 e. The van der Waals surface area contributed by atoms with Gasteiger partial charge in [0.25, 0.3) is 11.8 Å². The first-order valence-corrected chi connectivity index (χ1v) is 20.8. The Bertz CT molecular complexity index is 1850. The molecule has 3 rings (SSSR count). The molecule has 302 valence electrons. The summed E-state index contributed by atoms with van der Waals surface area (Å²) < 4.78 is 0. The van der Waals surface area contributed by atoms with Gasteiger partial charge in [0.1, 0.15) is 9.75 Å². The number of guanidine groups is 2. The molecule has 11 N–H and O–H groups in total. The van der Waals surface area contributed by atoms with Gasteiger partial charge in [-0.05, 0) is 51.4 Å². The van der Waals surface area contributed by atoms with Crippen LogP contribution in [0.3, 0.4) is 0 Å². The number of thiazole rings is 3. The van der Waals surface area contributed by atoms with E-state index < -0.39 is 29.9 Å². The average Bonchev–Trinajstić information content (AvgIpc) is 3.80. The molecular formula is C36H56N12O4S3. The molecule has 3 heterocycles. The van der Waals surface area contributed by atoms with Gasteiger partial charge in [-0.2, -0.15) is 0 Å². The summed E-state index contributed by atoms with van der Waals surface area (Å²) in [4.78, 5) is 77.0. The van der Waals surface area contributed by atoms with E-state index in [0.717, 1.165) is 11.4 Å². The maximum Gasteiger partial charge on any atom is 0.263 e. The third-order valence-corrected chi connectivity index (χ3v) is 11.4. The molecule has 19 heteroatoms. The number of aryl methyl sites for hydroxylation is 2. The number of aliphatic imine (C=N–C) groups is 2. The van der Waals surface area contributed by atoms with Gasteiger partial charge < -0.3 is 38.9 Å². The molecule has 0 aliphatic rings. The Balaban J connectivity index is 2.02. The Hall–Kier alpha value is -4.49. The van der Waals surface area contributed by atoms with Gasteiger partial charge in [-0.1, -0.05) is 27.7 Å². The predicted molar refractivity (Wildman–Crippen MR) is 221 cm³/mol. The third-order valence-electron chi connectivity index (χ3n) is 8.07. The van der Waals surface area contributed by atoms with Crippen molar-refractivity contribution >= 4 is 69.4 Å². The summed E-state index contributed by atoms with van der Waals surface area (Å²) in [5.41, 5.74) is 23.4. The second-order valence-electron chi connectivity index (χ2n) is 14.2. The maximum absolute atomic E-state index is 14.2. The first kappa shape index (κ1) is 44.9. The lowest BCUT2D eigenvalue weighted by Gasteiger charge is -2.22. The summed E-state index contributed by atoms with van der Waals surface area (Å²) in [6.07, 6.45) is 3.24. The number of nitrogens with zero attached hydrogens (tertiary/aromatic N) is 5. The molecule has 3 aromatic heterocycles. The second-order valence-corrected chi connectivity index (χ2v) is 17.6. The summed E-state index contributed by atoms with van der Waals surface area (Å²) >= 11 is 3.82. The molecule has 55 heavy (non-hydrogen) atoms. The van der Waals surface area contributed by atoms with Crippen molar-refractivity contribution in [1.82, 2.24) is 30.9 Å². The van der Waals surface area contributed by atoms with Crippen LogP contribution in [-0.4, -0.2) is 63.5 Å². The van der Waals surface area contributed by atoms with Crippen LogP contribution in [0.4, 0.5) is 0 Å². The van der Waals surface area contributed by atoms with Gasteiger partial charge in [-0.3, -0.25) is 29.2 Å². The molecule has 0 saturated carbocycles. The summed E-state index contributed by atoms with van der Waals surface area (Å²) in [7, 11) is 0. The fourth-order valence-corrected chi connectivity index (χ4v) is 9.04. The van der Waals surface area contributed by atoms with Gasteiger partial charge in [-0.25, -0.2) is 15.0 Å². The molecule has 0 radical (unpaired) electrons. The van der Waals surface area contributed by atoms with Gasteiger partial charge in [-0.15, -0.1) is 34.0 Å². The van der Waals surface area contributed by atoms with E-state index in [1.165, 1.54) is 47.9 Å². The Morgan fingerprint density at radius 2 is 1.24 bits per heavy atom. The van der Waals surface area contributed by atoms with Crippen LogP contribution in [0, 0.1) is 18.8 Å². The summed E-state index contributed by atoms with van der Waals surface area (Å²) in [6, 6.07) is -1.80. The molecule has 3 amide bonds. The zero-order chi connectivity index (χ0) is 41.0. The van der Waals surface area contributed by atoms with Crippen molar-refractivity contribution in [2.75, 3.05) is 13.1 Å². The highest BCUT2D eigenvalue weighted by Gasteiger charge is 2.32. The minimum absolute atomic E-state index is 0.00992. The van der Waals surface area contributed by atoms with Crippen LogP contribution in [0.25, 0.3) is 0 Å². The minimum atomic E-state index is -0.660. The fraction of sp³-hybridized carbons (Fsp3) is 0.583. The van der Waals surface area contributed by atoms with Crippen LogP contribution in [0.15, 0.2) is 9.98 Å². The lowest BCUT2D eigenvalue weighted by molar-refractivity contribution is -0.119. The Kier molecular flexibility index (Phi) is 17.1. The molecule has 0 saturated heterocycles. The van der Waals surface area contributed by atoms with Crippen molar-refractivity contribution < 1.29 is 19.2 Å². The van der Waals surface area contributed by atoms with E-state index in [0.29, 0.717) is 92.8 Å². The highest BCUT2D eigenvalue weighted by Crippen LogP contribution is 2.33. The van der Waals surface area contributed by atoms with Gasteiger partial charge in [0.15, 0.2) is 17.7 Å². The number of hydrogen-bond donors (Lipinski definition) is 7. The molecule has 0 fully saturated rings. The van der Waals surface area contributed by atoms with E-state index in [9.17, 15) is 19.2 Å². The summed E-state index contributed by atoms with van der Waals surface area (Å²) in [5, 5.41) is 11.3. The SMILES string of the molecule is CC(=O)N[C@@H](CCCN=C(N)N)c1nc(C)sc1C(=O)N[C@@H](CC(C)C)c1nc(CCCN=C(N)N)sc1C(=O)N[C@@H](C)c1nc(CC(C)C)sc1C(C)=O. The van der Waals surface area contributed by atoms with Gasteiger partial charge >= 0.3 is 0 Å². The van der Waals surface area contributed by atoms with E-state index in [1.807, 2.05) is 13.8 Å². The molecule has 3 atom stereocenters. The van der Waals surface area contributed by atoms with Gasteiger partial charge in [0.05, 0.1) is 55.1 Å². The number of ketones is 1. The second kappa shape index (κ2) is 21.0. The number of amides is 3. The fourth-order valence-electron chi connectivity index (χ4n) is 5.82. The summed E-state index contributed by atoms with van der Waals surface area (Å²) in [6.45, 7) is 15.5. The monoisotopic (exact) mass is 816 g/mol. The molecule has 0 spiro atoms. The van der Waals surface area contributed by atoms with Crippen LogP contribution in [0.1, 0.15) is 153 Å². The Morgan fingerprint density at radius 3 is 1.82 bits per heavy atom. The van der Waals surface area contributed by atoms with E-state index in [2.05, 4.69) is 44.8 Å². The number of nitrogens with two attached hydrogens (primary N) is 4. The number of rotatable bonds is 21. The molecule has 0 aromatic carbocycles. The van der Waals surface area contributed by atoms with Crippen LogP contribution < -0.4 is 38.9 Å². The Morgan fingerprint density at radius 1 is 0.673 bits per heavy atom. The molecule has 0 unspecified atom stereocenters. The number of hydrogen-bond acceptors (Lipinski definition) is 12. The highest BCUT2D eigenvalue weighted by atomic mass is 32.1. The van der Waals surface area contributed by atoms with Crippen molar-refractivity contribution in [3.05, 3.63) is 46.7 Å². The maximum atomic E-state index is 14.2. The number of carbonyl (C=O) groups is 4.